The first-order valence-electron chi connectivity index (χ1n) is 14.7. The molecular weight excluding hydrogens is 598 g/mol. The van der Waals surface area contributed by atoms with Crippen molar-refractivity contribution in [1.82, 2.24) is 15.8 Å². The van der Waals surface area contributed by atoms with Crippen LogP contribution in [0.3, 0.4) is 0 Å². The number of benzene rings is 4. The first-order chi connectivity index (χ1) is 22.4. The monoisotopic (exact) mass is 627 g/mol. The van der Waals surface area contributed by atoms with Gasteiger partial charge in [-0.25, -0.2) is 0 Å². The minimum absolute atomic E-state index is 0.0357. The van der Waals surface area contributed by atoms with E-state index in [4.69, 9.17) is 31.4 Å². The van der Waals surface area contributed by atoms with E-state index >= 15 is 0 Å². The fraction of sp³-hybridized carbons (Fsp3) is 0.135. The number of ether oxygens (including phenoxy) is 2. The van der Waals surface area contributed by atoms with Crippen molar-refractivity contribution in [2.45, 2.75) is 11.8 Å². The van der Waals surface area contributed by atoms with Crippen molar-refractivity contribution in [3.8, 4) is 22.8 Å². The predicted molar refractivity (Wildman–Crippen MR) is 178 cm³/mol. The molecule has 0 radical (unpaired) electrons. The second kappa shape index (κ2) is 11.8. The first kappa shape index (κ1) is 29.2. The third-order valence-corrected chi connectivity index (χ3v) is 8.98. The summed E-state index contributed by atoms with van der Waals surface area (Å²) in [5.74, 6) is -0.772. The summed E-state index contributed by atoms with van der Waals surface area (Å²) in [6.45, 7) is 0. The minimum Gasteiger partial charge on any atom is -0.497 e. The van der Waals surface area contributed by atoms with Gasteiger partial charge in [0.25, 0.3) is 0 Å². The summed E-state index contributed by atoms with van der Waals surface area (Å²) in [6.07, 6.45) is 1.96. The zero-order chi connectivity index (χ0) is 31.8. The molecule has 1 aromatic heterocycles. The van der Waals surface area contributed by atoms with Crippen LogP contribution in [0.2, 0.25) is 0 Å². The van der Waals surface area contributed by atoms with Crippen LogP contribution >= 0.6 is 12.2 Å². The second-order valence-corrected chi connectivity index (χ2v) is 11.6. The van der Waals surface area contributed by atoms with Gasteiger partial charge < -0.3 is 24.6 Å². The normalized spacial score (nSPS) is 19.3. The molecule has 2 amide bonds. The number of methoxy groups -OCH3 is 2. The number of nitrogens with one attached hydrogen (secondary N) is 2. The van der Waals surface area contributed by atoms with Crippen molar-refractivity contribution in [2.24, 2.45) is 5.41 Å². The zero-order valence-corrected chi connectivity index (χ0v) is 25.8. The van der Waals surface area contributed by atoms with Crippen LogP contribution in [0.1, 0.15) is 39.8 Å². The van der Waals surface area contributed by atoms with Gasteiger partial charge in [0.1, 0.15) is 17.2 Å². The Labute approximate surface area is 271 Å². The number of aromatic nitrogens is 1. The van der Waals surface area contributed by atoms with Gasteiger partial charge in [-0.1, -0.05) is 78.0 Å². The number of rotatable bonds is 6. The Morgan fingerprint density at radius 2 is 1.26 bits per heavy atom. The molecule has 5 aromatic rings. The summed E-state index contributed by atoms with van der Waals surface area (Å²) >= 11 is 5.34. The van der Waals surface area contributed by atoms with Crippen molar-refractivity contribution in [2.75, 3.05) is 14.2 Å². The molecule has 2 N–H and O–H groups in total. The molecule has 1 saturated heterocycles. The predicted octanol–water partition coefficient (Wildman–Crippen LogP) is 6.35. The highest BCUT2D eigenvalue weighted by Crippen LogP contribution is 2.63. The van der Waals surface area contributed by atoms with Gasteiger partial charge in [0.15, 0.2) is 16.3 Å². The lowest BCUT2D eigenvalue weighted by Crippen LogP contribution is -2.67. The summed E-state index contributed by atoms with van der Waals surface area (Å²) in [5.41, 5.74) is 3.18. The SMILES string of the molecule is COc1ccc(/C=C2\c3noc(-c4ccc(OC)cc4)c3C(c3ccccc3)C3(C(=O)NC(=S)NC3=O)C2c2ccccc2)cc1. The highest BCUT2D eigenvalue weighted by Gasteiger charge is 2.65. The molecule has 1 fully saturated rings. The molecule has 2 aliphatic rings. The molecule has 9 heteroatoms. The maximum atomic E-state index is 14.7. The van der Waals surface area contributed by atoms with E-state index in [-0.39, 0.29) is 5.11 Å². The Morgan fingerprint density at radius 1 is 0.739 bits per heavy atom. The van der Waals surface area contributed by atoms with Crippen molar-refractivity contribution < 1.29 is 23.6 Å². The highest BCUT2D eigenvalue weighted by atomic mass is 32.1. The lowest BCUT2D eigenvalue weighted by atomic mass is 9.52. The molecule has 2 heterocycles. The smallest absolute Gasteiger partial charge is 0.243 e. The number of thiocarbonyl (C=S) groups is 1. The fourth-order valence-corrected chi connectivity index (χ4v) is 6.95. The first-order valence-corrected chi connectivity index (χ1v) is 15.1. The molecule has 228 valence electrons. The molecule has 7 rings (SSSR count). The van der Waals surface area contributed by atoms with Gasteiger partial charge in [-0.15, -0.1) is 0 Å². The number of amides is 2. The van der Waals surface area contributed by atoms with Crippen molar-refractivity contribution in [3.63, 3.8) is 0 Å². The highest BCUT2D eigenvalue weighted by molar-refractivity contribution is 7.80. The maximum absolute atomic E-state index is 14.7. The molecule has 46 heavy (non-hydrogen) atoms. The molecule has 8 nitrogen and oxygen atoms in total. The van der Waals surface area contributed by atoms with Crippen LogP contribution in [0.15, 0.2) is 114 Å². The van der Waals surface area contributed by atoms with E-state index in [1.165, 1.54) is 0 Å². The van der Waals surface area contributed by atoms with Crippen LogP contribution in [-0.2, 0) is 9.59 Å². The van der Waals surface area contributed by atoms with Gasteiger partial charge in [-0.05, 0) is 77.0 Å². The Bertz CT molecular complexity index is 1950. The molecule has 2 unspecified atom stereocenters. The van der Waals surface area contributed by atoms with Crippen LogP contribution in [-0.4, -0.2) is 36.3 Å². The number of carbonyl (C=O) groups is 2. The van der Waals surface area contributed by atoms with E-state index in [1.54, 1.807) is 14.2 Å². The van der Waals surface area contributed by atoms with E-state index < -0.39 is 29.1 Å². The number of hydrogen-bond acceptors (Lipinski definition) is 7. The van der Waals surface area contributed by atoms with Gasteiger partial charge in [0.2, 0.25) is 11.8 Å². The average molecular weight is 628 g/mol. The number of hydrogen-bond donors (Lipinski definition) is 2. The van der Waals surface area contributed by atoms with Crippen LogP contribution in [0.4, 0.5) is 0 Å². The number of carbonyl (C=O) groups excluding carboxylic acids is 2. The standard InChI is InChI=1S/C37H29N3O5S/c1-43-26-17-13-22(14-18-26)21-28-30(23-9-5-3-6-10-23)37(34(41)38-36(46)39-35(37)42)31(24-11-7-4-8-12-24)29-32(28)40-45-33(29)25-15-19-27(44-2)20-16-25/h3-21,30-31H,1-2H3,(H2,38,39,41,42,46)/b28-21-. The van der Waals surface area contributed by atoms with E-state index in [2.05, 4.69) is 10.6 Å². The van der Waals surface area contributed by atoms with Crippen LogP contribution in [0.5, 0.6) is 11.5 Å². The summed E-state index contributed by atoms with van der Waals surface area (Å²) in [5, 5.41) is 10.3. The molecule has 4 aromatic carbocycles. The Balaban J connectivity index is 1.61. The quantitative estimate of drug-likeness (QED) is 0.167. The summed E-state index contributed by atoms with van der Waals surface area (Å²) in [7, 11) is 3.21. The van der Waals surface area contributed by atoms with E-state index in [1.807, 2.05) is 115 Å². The van der Waals surface area contributed by atoms with Crippen molar-refractivity contribution >= 4 is 40.8 Å². The summed E-state index contributed by atoms with van der Waals surface area (Å²) < 4.78 is 17.0. The summed E-state index contributed by atoms with van der Waals surface area (Å²) in [4.78, 5) is 29.5. The number of fused-ring (bicyclic) bond motifs is 1. The van der Waals surface area contributed by atoms with E-state index in [0.717, 1.165) is 22.3 Å². The lowest BCUT2D eigenvalue weighted by Gasteiger charge is -2.49. The van der Waals surface area contributed by atoms with Crippen LogP contribution in [0.25, 0.3) is 23.0 Å². The molecule has 0 saturated carbocycles. The van der Waals surface area contributed by atoms with Crippen molar-refractivity contribution in [1.29, 1.82) is 0 Å². The largest absolute Gasteiger partial charge is 0.497 e. The third-order valence-electron chi connectivity index (χ3n) is 8.77. The van der Waals surface area contributed by atoms with Crippen LogP contribution in [0, 0.1) is 5.41 Å². The van der Waals surface area contributed by atoms with Crippen molar-refractivity contribution in [3.05, 3.63) is 137 Å². The average Bonchev–Trinajstić information content (AvgIpc) is 3.53. The van der Waals surface area contributed by atoms with Gasteiger partial charge in [0.05, 0.1) is 14.2 Å². The van der Waals surface area contributed by atoms with E-state index in [0.29, 0.717) is 34.1 Å². The third kappa shape index (κ3) is 4.67. The molecule has 1 spiro atoms. The Morgan fingerprint density at radius 3 is 1.80 bits per heavy atom. The molecular formula is C37H29N3O5S. The Kier molecular flexibility index (Phi) is 7.46. The zero-order valence-electron chi connectivity index (χ0n) is 25.0. The van der Waals surface area contributed by atoms with Gasteiger partial charge in [-0.3, -0.25) is 9.59 Å². The second-order valence-electron chi connectivity index (χ2n) is 11.2. The van der Waals surface area contributed by atoms with Gasteiger partial charge in [-0.2, -0.15) is 0 Å². The van der Waals surface area contributed by atoms with E-state index in [9.17, 15) is 9.59 Å². The fourth-order valence-electron chi connectivity index (χ4n) is 6.77. The Hall–Kier alpha value is -5.54. The maximum Gasteiger partial charge on any atom is 0.243 e. The molecule has 1 aliphatic carbocycles. The molecule has 0 bridgehead atoms. The van der Waals surface area contributed by atoms with Gasteiger partial charge in [0, 0.05) is 23.0 Å². The van der Waals surface area contributed by atoms with Gasteiger partial charge >= 0.3 is 0 Å². The number of allylic oxidation sites excluding steroid dienone is 1. The topological polar surface area (TPSA) is 103 Å². The number of nitrogens with zero attached hydrogens (tertiary/aromatic N) is 1. The summed E-state index contributed by atoms with van der Waals surface area (Å²) in [6, 6.07) is 34.1. The molecule has 1 aliphatic heterocycles. The molecule has 2 atom stereocenters. The lowest BCUT2D eigenvalue weighted by molar-refractivity contribution is -0.145. The minimum atomic E-state index is -1.73. The van der Waals surface area contributed by atoms with Crippen LogP contribution < -0.4 is 20.1 Å².